The normalized spacial score (nSPS) is 14.6. The molecule has 1 aliphatic carbocycles. The molecule has 7 heteroatoms. The molecule has 2 N–H and O–H groups in total. The van der Waals surface area contributed by atoms with E-state index in [2.05, 4.69) is 20.8 Å². The smallest absolute Gasteiger partial charge is 0.320 e. The van der Waals surface area contributed by atoms with Crippen molar-refractivity contribution in [3.05, 3.63) is 35.7 Å². The largest absolute Gasteiger partial charge is 0.406 e. The molecule has 0 unspecified atom stereocenters. The highest BCUT2D eigenvalue weighted by Gasteiger charge is 2.21. The predicted molar refractivity (Wildman–Crippen MR) is 63.8 cm³/mol. The van der Waals surface area contributed by atoms with Gasteiger partial charge in [0.25, 0.3) is 0 Å². The van der Waals surface area contributed by atoms with Crippen LogP contribution in [0.25, 0.3) is 0 Å². The van der Waals surface area contributed by atoms with Crippen LogP contribution in [0.4, 0.5) is 20.5 Å². The lowest BCUT2D eigenvalue weighted by atomic mass is 10.3. The maximum absolute atomic E-state index is 13.0. The first-order valence-electron chi connectivity index (χ1n) is 5.98. The Morgan fingerprint density at radius 1 is 1.16 bits per heavy atom. The molecule has 0 radical (unpaired) electrons. The zero-order valence-electron chi connectivity index (χ0n) is 9.99. The van der Waals surface area contributed by atoms with E-state index in [1.807, 2.05) is 0 Å². The quantitative estimate of drug-likeness (QED) is 0.869. The van der Waals surface area contributed by atoms with Crippen molar-refractivity contribution in [1.29, 1.82) is 0 Å². The summed E-state index contributed by atoms with van der Waals surface area (Å²) in [5, 5.41) is 13.5. The lowest BCUT2D eigenvalue weighted by molar-refractivity contribution is 0.478. The zero-order valence-corrected chi connectivity index (χ0v) is 9.99. The van der Waals surface area contributed by atoms with Crippen molar-refractivity contribution in [3.8, 4) is 0 Å². The fourth-order valence-electron chi connectivity index (χ4n) is 1.64. The van der Waals surface area contributed by atoms with Crippen LogP contribution < -0.4 is 10.6 Å². The first kappa shape index (κ1) is 12.0. The number of halogens is 2. The molecule has 0 aliphatic heterocycles. The summed E-state index contributed by atoms with van der Waals surface area (Å²) < 4.78 is 31.3. The number of hydrogen-bond donors (Lipinski definition) is 2. The van der Waals surface area contributed by atoms with Gasteiger partial charge in [-0.05, 0) is 25.0 Å². The maximum atomic E-state index is 13.0. The summed E-state index contributed by atoms with van der Waals surface area (Å²) in [6.07, 6.45) is 2.34. The minimum absolute atomic E-state index is 0.109. The second kappa shape index (κ2) is 4.93. The molecule has 0 spiro atoms. The van der Waals surface area contributed by atoms with Gasteiger partial charge >= 0.3 is 6.01 Å². The Morgan fingerprint density at radius 3 is 2.58 bits per heavy atom. The molecule has 0 saturated heterocycles. The van der Waals surface area contributed by atoms with Gasteiger partial charge in [0.05, 0.1) is 6.54 Å². The van der Waals surface area contributed by atoms with Gasteiger partial charge in [-0.1, -0.05) is 5.10 Å². The summed E-state index contributed by atoms with van der Waals surface area (Å²) in [6.45, 7) is 0.497. The van der Waals surface area contributed by atoms with Gasteiger partial charge in [-0.3, -0.25) is 0 Å². The van der Waals surface area contributed by atoms with Crippen molar-refractivity contribution in [2.24, 2.45) is 0 Å². The first-order valence-corrected chi connectivity index (χ1v) is 5.98. The van der Waals surface area contributed by atoms with Crippen molar-refractivity contribution in [2.45, 2.75) is 25.4 Å². The van der Waals surface area contributed by atoms with E-state index >= 15 is 0 Å². The second-order valence-electron chi connectivity index (χ2n) is 4.44. The summed E-state index contributed by atoms with van der Waals surface area (Å²) in [4.78, 5) is 0. The first-order chi connectivity index (χ1) is 9.19. The van der Waals surface area contributed by atoms with E-state index in [-0.39, 0.29) is 11.7 Å². The molecule has 1 aliphatic rings. The van der Waals surface area contributed by atoms with Crippen molar-refractivity contribution in [1.82, 2.24) is 15.5 Å². The molecule has 2 aromatic rings. The fraction of sp³-hybridized carbons (Fsp3) is 0.333. The van der Waals surface area contributed by atoms with E-state index in [0.717, 1.165) is 18.2 Å². The van der Waals surface area contributed by atoms with E-state index in [1.54, 1.807) is 0 Å². The zero-order chi connectivity index (χ0) is 13.2. The van der Waals surface area contributed by atoms with E-state index < -0.39 is 11.6 Å². The van der Waals surface area contributed by atoms with Crippen LogP contribution in [-0.2, 0) is 6.54 Å². The molecule has 0 atom stereocenters. The number of nitrogens with one attached hydrogen (secondary N) is 2. The van der Waals surface area contributed by atoms with Crippen LogP contribution in [0, 0.1) is 11.6 Å². The van der Waals surface area contributed by atoms with Gasteiger partial charge in [0, 0.05) is 17.8 Å². The van der Waals surface area contributed by atoms with Gasteiger partial charge in [0.1, 0.15) is 11.6 Å². The van der Waals surface area contributed by atoms with E-state index in [9.17, 15) is 8.78 Å². The molecule has 1 aromatic carbocycles. The van der Waals surface area contributed by atoms with Gasteiger partial charge in [-0.25, -0.2) is 8.78 Å². The van der Waals surface area contributed by atoms with Gasteiger partial charge < -0.3 is 15.1 Å². The van der Waals surface area contributed by atoms with Crippen molar-refractivity contribution in [3.63, 3.8) is 0 Å². The van der Waals surface area contributed by atoms with Gasteiger partial charge in [0.2, 0.25) is 5.89 Å². The number of hydrogen-bond acceptors (Lipinski definition) is 5. The topological polar surface area (TPSA) is 63.0 Å². The van der Waals surface area contributed by atoms with Gasteiger partial charge in [-0.15, -0.1) is 5.10 Å². The molecule has 0 amide bonds. The average Bonchev–Trinajstić information content (AvgIpc) is 3.06. The number of nitrogens with zero attached hydrogens (tertiary/aromatic N) is 2. The molecule has 1 aromatic heterocycles. The third kappa shape index (κ3) is 3.25. The number of rotatable bonds is 5. The Kier molecular flexibility index (Phi) is 3.12. The average molecular weight is 266 g/mol. The standard InChI is InChI=1S/C12H12F2N4O/c13-7-3-8(14)5-10(4-7)16-12-18-17-11(19-12)6-15-9-1-2-9/h3-5,9,15H,1-2,6H2,(H,16,18). The van der Waals surface area contributed by atoms with Gasteiger partial charge in [0.15, 0.2) is 0 Å². The summed E-state index contributed by atoms with van der Waals surface area (Å²) in [5.74, 6) is -0.901. The fourth-order valence-corrected chi connectivity index (χ4v) is 1.64. The van der Waals surface area contributed by atoms with Crippen LogP contribution in [0.5, 0.6) is 0 Å². The molecular weight excluding hydrogens is 254 g/mol. The monoisotopic (exact) mass is 266 g/mol. The minimum Gasteiger partial charge on any atom is -0.406 e. The van der Waals surface area contributed by atoms with Crippen LogP contribution in [-0.4, -0.2) is 16.2 Å². The highest BCUT2D eigenvalue weighted by Crippen LogP contribution is 2.20. The molecule has 1 fully saturated rings. The number of aromatic nitrogens is 2. The molecule has 0 bridgehead atoms. The molecule has 3 rings (SSSR count). The summed E-state index contributed by atoms with van der Waals surface area (Å²) in [7, 11) is 0. The highest BCUT2D eigenvalue weighted by atomic mass is 19.1. The van der Waals surface area contributed by atoms with Crippen molar-refractivity contribution >= 4 is 11.7 Å². The summed E-state index contributed by atoms with van der Waals surface area (Å²) in [5.41, 5.74) is 0.225. The Labute approximate surface area is 108 Å². The van der Waals surface area contributed by atoms with E-state index in [4.69, 9.17) is 4.42 Å². The molecule has 1 heterocycles. The second-order valence-corrected chi connectivity index (χ2v) is 4.44. The maximum Gasteiger partial charge on any atom is 0.320 e. The van der Waals surface area contributed by atoms with Crippen molar-refractivity contribution in [2.75, 3.05) is 5.32 Å². The summed E-state index contributed by atoms with van der Waals surface area (Å²) in [6, 6.07) is 3.74. The third-order valence-electron chi connectivity index (χ3n) is 2.70. The Balaban J connectivity index is 1.65. The van der Waals surface area contributed by atoms with Crippen LogP contribution in [0.2, 0.25) is 0 Å². The third-order valence-corrected chi connectivity index (χ3v) is 2.70. The Morgan fingerprint density at radius 2 is 1.89 bits per heavy atom. The number of anilines is 2. The Hall–Kier alpha value is -2.02. The van der Waals surface area contributed by atoms with Crippen LogP contribution in [0.3, 0.4) is 0 Å². The molecule has 5 nitrogen and oxygen atoms in total. The lowest BCUT2D eigenvalue weighted by Gasteiger charge is -2.01. The van der Waals surface area contributed by atoms with E-state index in [1.165, 1.54) is 12.8 Å². The predicted octanol–water partition coefficient (Wildman–Crippen LogP) is 2.34. The molecular formula is C12H12F2N4O. The molecule has 100 valence electrons. The van der Waals surface area contributed by atoms with Gasteiger partial charge in [-0.2, -0.15) is 0 Å². The van der Waals surface area contributed by atoms with Crippen LogP contribution in [0.15, 0.2) is 22.6 Å². The minimum atomic E-state index is -0.669. The Bertz CT molecular complexity index is 563. The summed E-state index contributed by atoms with van der Waals surface area (Å²) >= 11 is 0. The van der Waals surface area contributed by atoms with E-state index in [0.29, 0.717) is 18.5 Å². The molecule has 19 heavy (non-hydrogen) atoms. The van der Waals surface area contributed by atoms with Crippen LogP contribution in [0.1, 0.15) is 18.7 Å². The van der Waals surface area contributed by atoms with Crippen LogP contribution >= 0.6 is 0 Å². The van der Waals surface area contributed by atoms with Crippen molar-refractivity contribution < 1.29 is 13.2 Å². The highest BCUT2D eigenvalue weighted by molar-refractivity contribution is 5.51. The number of benzene rings is 1. The SMILES string of the molecule is Fc1cc(F)cc(Nc2nnc(CNC3CC3)o2)c1. The molecule has 1 saturated carbocycles. The lowest BCUT2D eigenvalue weighted by Crippen LogP contribution is -2.15.